The molecule has 202 valence electrons. The number of rotatable bonds is 9. The number of hydrogen-bond acceptors (Lipinski definition) is 4. The van der Waals surface area contributed by atoms with Gasteiger partial charge in [0.05, 0.1) is 29.7 Å². The standard InChI is InChI=1S/C33H31N3O4/c1-4-9-27(21-11-6-5-7-12-21)36-32(37)22-14-16-24(26(18-22)33(38)39)30-20(2)10-8-13-25(30)31-34-28-17-15-23(40-3)19-29(28)35-31/h5-8,10-19,27H,4,9H2,1-3H3,(H,34,35)(H,36,37)(H,38,39)/t27-/m1/s1. The highest BCUT2D eigenvalue weighted by Gasteiger charge is 2.22. The summed E-state index contributed by atoms with van der Waals surface area (Å²) in [6, 6.07) is 25.9. The van der Waals surface area contributed by atoms with Gasteiger partial charge in [-0.05, 0) is 59.9 Å². The number of ether oxygens (including phenoxy) is 1. The third-order valence-electron chi connectivity index (χ3n) is 7.08. The van der Waals surface area contributed by atoms with Crippen LogP contribution in [0.4, 0.5) is 0 Å². The molecule has 1 heterocycles. The smallest absolute Gasteiger partial charge is 0.336 e. The molecule has 5 aromatic rings. The number of aryl methyl sites for hydroxylation is 1. The summed E-state index contributed by atoms with van der Waals surface area (Å²) in [5, 5.41) is 13.3. The van der Waals surface area contributed by atoms with Crippen molar-refractivity contribution in [1.29, 1.82) is 0 Å². The van der Waals surface area contributed by atoms with E-state index in [0.717, 1.165) is 46.1 Å². The van der Waals surface area contributed by atoms with Crippen molar-refractivity contribution in [3.8, 4) is 28.3 Å². The lowest BCUT2D eigenvalue weighted by Crippen LogP contribution is -2.28. The number of aromatic amines is 1. The molecule has 5 rings (SSSR count). The molecule has 7 nitrogen and oxygen atoms in total. The molecular weight excluding hydrogens is 502 g/mol. The lowest BCUT2D eigenvalue weighted by Gasteiger charge is -2.19. The second-order valence-corrected chi connectivity index (χ2v) is 9.76. The fraction of sp³-hybridized carbons (Fsp3) is 0.182. The van der Waals surface area contributed by atoms with Gasteiger partial charge in [-0.1, -0.05) is 67.9 Å². The van der Waals surface area contributed by atoms with Gasteiger partial charge >= 0.3 is 5.97 Å². The number of hydrogen-bond donors (Lipinski definition) is 3. The first-order valence-electron chi connectivity index (χ1n) is 13.3. The van der Waals surface area contributed by atoms with Gasteiger partial charge in [-0.3, -0.25) is 4.79 Å². The fourth-order valence-corrected chi connectivity index (χ4v) is 5.08. The summed E-state index contributed by atoms with van der Waals surface area (Å²) >= 11 is 0. The lowest BCUT2D eigenvalue weighted by atomic mass is 9.90. The number of aromatic carboxylic acids is 1. The van der Waals surface area contributed by atoms with E-state index in [2.05, 4.69) is 17.2 Å². The Bertz CT molecular complexity index is 1690. The number of fused-ring (bicyclic) bond motifs is 1. The molecule has 1 aromatic heterocycles. The molecule has 0 unspecified atom stereocenters. The van der Waals surface area contributed by atoms with Gasteiger partial charge in [0.1, 0.15) is 11.6 Å². The number of carbonyl (C=O) groups excluding carboxylic acids is 1. The molecule has 3 N–H and O–H groups in total. The Labute approximate surface area is 232 Å². The van der Waals surface area contributed by atoms with Crippen molar-refractivity contribution in [2.75, 3.05) is 7.11 Å². The van der Waals surface area contributed by atoms with E-state index in [9.17, 15) is 14.7 Å². The highest BCUT2D eigenvalue weighted by atomic mass is 16.5. The van der Waals surface area contributed by atoms with E-state index in [0.29, 0.717) is 22.7 Å². The van der Waals surface area contributed by atoms with Crippen molar-refractivity contribution in [3.05, 3.63) is 107 Å². The Morgan fingerprint density at radius 1 is 0.975 bits per heavy atom. The number of amides is 1. The summed E-state index contributed by atoms with van der Waals surface area (Å²) in [4.78, 5) is 33.9. The largest absolute Gasteiger partial charge is 0.497 e. The van der Waals surface area contributed by atoms with Crippen LogP contribution < -0.4 is 10.1 Å². The first kappa shape index (κ1) is 26.7. The number of imidazole rings is 1. The number of aromatic nitrogens is 2. The van der Waals surface area contributed by atoms with Gasteiger partial charge < -0.3 is 20.1 Å². The van der Waals surface area contributed by atoms with Gasteiger partial charge in [0, 0.05) is 17.2 Å². The Morgan fingerprint density at radius 3 is 2.50 bits per heavy atom. The SMILES string of the molecule is CCC[C@@H](NC(=O)c1ccc(-c2c(C)cccc2-c2nc3cc(OC)ccc3[nH]2)c(C(=O)O)c1)c1ccccc1. The second-order valence-electron chi connectivity index (χ2n) is 9.76. The van der Waals surface area contributed by atoms with Crippen molar-refractivity contribution in [2.45, 2.75) is 32.7 Å². The molecule has 0 spiro atoms. The minimum Gasteiger partial charge on any atom is -0.497 e. The summed E-state index contributed by atoms with van der Waals surface area (Å²) in [5.41, 5.74) is 5.86. The maximum absolute atomic E-state index is 13.3. The van der Waals surface area contributed by atoms with E-state index in [4.69, 9.17) is 9.72 Å². The molecule has 40 heavy (non-hydrogen) atoms. The Morgan fingerprint density at radius 2 is 1.77 bits per heavy atom. The molecule has 4 aromatic carbocycles. The van der Waals surface area contributed by atoms with Crippen LogP contribution in [-0.2, 0) is 0 Å². The summed E-state index contributed by atoms with van der Waals surface area (Å²) in [7, 11) is 1.61. The van der Waals surface area contributed by atoms with Crippen LogP contribution in [-0.4, -0.2) is 34.1 Å². The van der Waals surface area contributed by atoms with Gasteiger partial charge in [-0.15, -0.1) is 0 Å². The maximum atomic E-state index is 13.3. The molecule has 0 saturated heterocycles. The van der Waals surface area contributed by atoms with Crippen molar-refractivity contribution < 1.29 is 19.4 Å². The first-order valence-corrected chi connectivity index (χ1v) is 13.3. The van der Waals surface area contributed by atoms with Crippen molar-refractivity contribution in [2.24, 2.45) is 0 Å². The monoisotopic (exact) mass is 533 g/mol. The number of nitrogens with one attached hydrogen (secondary N) is 2. The first-order chi connectivity index (χ1) is 19.4. The zero-order chi connectivity index (χ0) is 28.2. The summed E-state index contributed by atoms with van der Waals surface area (Å²) in [6.07, 6.45) is 1.67. The van der Waals surface area contributed by atoms with Crippen LogP contribution in [0.2, 0.25) is 0 Å². The Hall–Kier alpha value is -4.91. The number of benzene rings is 4. The quantitative estimate of drug-likeness (QED) is 0.186. The average Bonchev–Trinajstić information content (AvgIpc) is 3.40. The zero-order valence-electron chi connectivity index (χ0n) is 22.7. The highest BCUT2D eigenvalue weighted by molar-refractivity contribution is 6.03. The van der Waals surface area contributed by atoms with Gasteiger partial charge in [0.15, 0.2) is 0 Å². The van der Waals surface area contributed by atoms with Gasteiger partial charge in [-0.25, -0.2) is 9.78 Å². The number of carboxylic acid groups (broad SMARTS) is 1. The lowest BCUT2D eigenvalue weighted by molar-refractivity contribution is 0.0697. The maximum Gasteiger partial charge on any atom is 0.336 e. The Kier molecular flexibility index (Phi) is 7.64. The number of carboxylic acids is 1. The molecule has 0 bridgehead atoms. The van der Waals surface area contributed by atoms with Crippen LogP contribution in [0.5, 0.6) is 5.75 Å². The predicted molar refractivity (Wildman–Crippen MR) is 157 cm³/mol. The van der Waals surface area contributed by atoms with E-state index < -0.39 is 5.97 Å². The molecule has 0 fully saturated rings. The second kappa shape index (κ2) is 11.5. The van der Waals surface area contributed by atoms with Gasteiger partial charge in [0.2, 0.25) is 0 Å². The van der Waals surface area contributed by atoms with E-state index in [1.807, 2.05) is 73.7 Å². The van der Waals surface area contributed by atoms with Gasteiger partial charge in [0.25, 0.3) is 5.91 Å². The van der Waals surface area contributed by atoms with Crippen molar-refractivity contribution in [1.82, 2.24) is 15.3 Å². The minimum atomic E-state index is -1.11. The molecule has 1 amide bonds. The summed E-state index contributed by atoms with van der Waals surface area (Å²) < 4.78 is 5.33. The molecule has 0 radical (unpaired) electrons. The zero-order valence-corrected chi connectivity index (χ0v) is 22.7. The highest BCUT2D eigenvalue weighted by Crippen LogP contribution is 2.37. The third-order valence-corrected chi connectivity index (χ3v) is 7.08. The third kappa shape index (κ3) is 5.31. The molecule has 0 aliphatic heterocycles. The topological polar surface area (TPSA) is 104 Å². The number of H-pyrrole nitrogens is 1. The summed E-state index contributed by atoms with van der Waals surface area (Å²) in [6.45, 7) is 4.00. The Balaban J connectivity index is 1.55. The number of nitrogens with zero attached hydrogens (tertiary/aromatic N) is 1. The number of carbonyl (C=O) groups is 2. The van der Waals surface area contributed by atoms with Crippen LogP contribution in [0.15, 0.2) is 84.9 Å². The van der Waals surface area contributed by atoms with Gasteiger partial charge in [-0.2, -0.15) is 0 Å². The normalized spacial score (nSPS) is 11.8. The minimum absolute atomic E-state index is 0.0488. The molecule has 1 atom stereocenters. The van der Waals surface area contributed by atoms with E-state index in [1.54, 1.807) is 19.2 Å². The molecular formula is C33H31N3O4. The molecule has 0 saturated carbocycles. The van der Waals surface area contributed by atoms with Crippen LogP contribution in [0.3, 0.4) is 0 Å². The van der Waals surface area contributed by atoms with Crippen molar-refractivity contribution >= 4 is 22.9 Å². The van der Waals surface area contributed by atoms with Crippen LogP contribution in [0.1, 0.15) is 57.7 Å². The molecule has 0 aliphatic rings. The van der Waals surface area contributed by atoms with E-state index in [1.165, 1.54) is 6.07 Å². The molecule has 7 heteroatoms. The molecule has 0 aliphatic carbocycles. The van der Waals surface area contributed by atoms with Crippen LogP contribution in [0.25, 0.3) is 33.5 Å². The van der Waals surface area contributed by atoms with Crippen LogP contribution in [0, 0.1) is 6.92 Å². The fourth-order valence-electron chi connectivity index (χ4n) is 5.08. The van der Waals surface area contributed by atoms with Crippen LogP contribution >= 0.6 is 0 Å². The van der Waals surface area contributed by atoms with E-state index in [-0.39, 0.29) is 17.5 Å². The van der Waals surface area contributed by atoms with E-state index >= 15 is 0 Å². The average molecular weight is 534 g/mol. The predicted octanol–water partition coefficient (Wildman–Crippen LogP) is 7.18. The number of methoxy groups -OCH3 is 1. The summed E-state index contributed by atoms with van der Waals surface area (Å²) in [5.74, 6) is -0.107. The van der Waals surface area contributed by atoms with Crippen molar-refractivity contribution in [3.63, 3.8) is 0 Å².